The molecule has 0 saturated heterocycles. The minimum atomic E-state index is -1.05. The summed E-state index contributed by atoms with van der Waals surface area (Å²) in [6.45, 7) is 15.0. The first-order valence-corrected chi connectivity index (χ1v) is 14.7. The van der Waals surface area contributed by atoms with Gasteiger partial charge in [0.25, 0.3) is 5.91 Å². The average molecular weight is 588 g/mol. The van der Waals surface area contributed by atoms with Gasteiger partial charge in [0, 0.05) is 18.2 Å². The lowest BCUT2D eigenvalue weighted by atomic mass is 9.95. The van der Waals surface area contributed by atoms with Crippen molar-refractivity contribution in [2.75, 3.05) is 5.32 Å². The lowest BCUT2D eigenvalue weighted by molar-refractivity contribution is -0.143. The highest BCUT2D eigenvalue weighted by Gasteiger charge is 2.39. The molecule has 8 nitrogen and oxygen atoms in total. The summed E-state index contributed by atoms with van der Waals surface area (Å²) < 4.78 is 5.52. The highest BCUT2D eigenvalue weighted by atomic mass is 16.6. The molecular weight excluding hydrogens is 542 g/mol. The van der Waals surface area contributed by atoms with Crippen LogP contribution in [0.1, 0.15) is 74.9 Å². The zero-order chi connectivity index (χ0) is 31.9. The van der Waals surface area contributed by atoms with E-state index in [4.69, 9.17) is 4.74 Å². The molecule has 3 rings (SSSR count). The number of ether oxygens (including phenoxy) is 1. The molecule has 3 unspecified atom stereocenters. The van der Waals surface area contributed by atoms with Gasteiger partial charge in [0.2, 0.25) is 5.91 Å². The van der Waals surface area contributed by atoms with Crippen LogP contribution in [-0.2, 0) is 20.7 Å². The molecule has 0 saturated carbocycles. The number of para-hydroxylation sites is 1. The molecule has 8 heteroatoms. The van der Waals surface area contributed by atoms with Crippen molar-refractivity contribution in [2.24, 2.45) is 0 Å². The first-order valence-electron chi connectivity index (χ1n) is 14.7. The number of alkyl carbamates (subject to hydrolysis) is 1. The van der Waals surface area contributed by atoms with Gasteiger partial charge in [0.05, 0.1) is 0 Å². The van der Waals surface area contributed by atoms with E-state index in [1.807, 2.05) is 77.1 Å². The largest absolute Gasteiger partial charge is 0.508 e. The number of nitrogens with one attached hydrogen (secondary N) is 2. The van der Waals surface area contributed by atoms with E-state index in [-0.39, 0.29) is 24.1 Å². The van der Waals surface area contributed by atoms with E-state index in [0.29, 0.717) is 17.7 Å². The van der Waals surface area contributed by atoms with Gasteiger partial charge in [-0.2, -0.15) is 0 Å². The molecule has 3 amide bonds. The number of hydrogen-bond donors (Lipinski definition) is 3. The molecule has 230 valence electrons. The number of carbonyl (C=O) groups excluding carboxylic acids is 3. The van der Waals surface area contributed by atoms with Crippen molar-refractivity contribution >= 4 is 23.6 Å². The summed E-state index contributed by atoms with van der Waals surface area (Å²) >= 11 is 0. The Hall–Kier alpha value is -4.33. The van der Waals surface area contributed by atoms with Gasteiger partial charge >= 0.3 is 6.09 Å². The average Bonchev–Trinajstić information content (AvgIpc) is 2.93. The maximum atomic E-state index is 14.6. The van der Waals surface area contributed by atoms with Crippen LogP contribution >= 0.6 is 0 Å². The summed E-state index contributed by atoms with van der Waals surface area (Å²) in [5.74, 6) is -0.682. The number of nitrogens with zero attached hydrogens (tertiary/aromatic N) is 1. The number of aromatic hydroxyl groups is 1. The molecule has 43 heavy (non-hydrogen) atoms. The Morgan fingerprint density at radius 1 is 0.907 bits per heavy atom. The maximum absolute atomic E-state index is 14.6. The first kappa shape index (κ1) is 33.2. The second-order valence-corrected chi connectivity index (χ2v) is 12.1. The molecule has 3 N–H and O–H groups in total. The van der Waals surface area contributed by atoms with Crippen LogP contribution in [0.25, 0.3) is 0 Å². The van der Waals surface area contributed by atoms with E-state index >= 15 is 0 Å². The van der Waals surface area contributed by atoms with Crippen molar-refractivity contribution in [3.63, 3.8) is 0 Å². The van der Waals surface area contributed by atoms with Crippen molar-refractivity contribution in [3.05, 3.63) is 94.5 Å². The minimum Gasteiger partial charge on any atom is -0.508 e. The Morgan fingerprint density at radius 2 is 1.56 bits per heavy atom. The molecule has 0 spiro atoms. The van der Waals surface area contributed by atoms with Crippen LogP contribution in [0.15, 0.2) is 66.7 Å². The third kappa shape index (κ3) is 9.08. The van der Waals surface area contributed by atoms with Crippen molar-refractivity contribution in [1.82, 2.24) is 10.2 Å². The van der Waals surface area contributed by atoms with Gasteiger partial charge < -0.3 is 25.4 Å². The number of phenols is 1. The van der Waals surface area contributed by atoms with Gasteiger partial charge in [0.15, 0.2) is 0 Å². The SMILES string of the molecule is CCC(C)N(C(=O)C(Cc1ccc(O)cc1)NC(=O)OC(C)(C)C)C(C(=O)Nc1ccccc1C)c1ccc(C)c(C)c1. The number of rotatable bonds is 10. The molecule has 0 fully saturated rings. The molecule has 3 aromatic rings. The van der Waals surface area contributed by atoms with E-state index in [1.54, 1.807) is 37.8 Å². The molecule has 0 radical (unpaired) electrons. The van der Waals surface area contributed by atoms with Crippen molar-refractivity contribution in [2.45, 2.75) is 92.0 Å². The summed E-state index contributed by atoms with van der Waals surface area (Å²) in [6, 6.07) is 17.3. The number of benzene rings is 3. The smallest absolute Gasteiger partial charge is 0.408 e. The molecule has 0 bridgehead atoms. The lowest BCUT2D eigenvalue weighted by Gasteiger charge is -2.38. The van der Waals surface area contributed by atoms with Crippen molar-refractivity contribution in [1.29, 1.82) is 0 Å². The van der Waals surface area contributed by atoms with E-state index in [9.17, 15) is 19.5 Å². The summed E-state index contributed by atoms with van der Waals surface area (Å²) in [5, 5.41) is 15.6. The molecule has 0 aliphatic rings. The standard InChI is InChI=1S/C35H45N3O5/c1-9-25(5)38(33(41)30(37-34(42)43-35(6,7)8)21-26-15-18-28(39)19-16-26)31(27-17-14-22(2)24(4)20-27)32(40)36-29-13-11-10-12-23(29)3/h10-20,25,30-31,39H,9,21H2,1-8H3,(H,36,40)(H,37,42). The number of amides is 3. The zero-order valence-electron chi connectivity index (χ0n) is 26.5. The number of phenolic OH excluding ortho intramolecular Hbond substituents is 1. The normalized spacial score (nSPS) is 13.4. The number of anilines is 1. The molecule has 0 aromatic heterocycles. The van der Waals surface area contributed by atoms with Crippen molar-refractivity contribution < 1.29 is 24.2 Å². The highest BCUT2D eigenvalue weighted by molar-refractivity contribution is 5.99. The zero-order valence-corrected chi connectivity index (χ0v) is 26.5. The Kier molecular flexibility index (Phi) is 11.0. The monoisotopic (exact) mass is 587 g/mol. The predicted octanol–water partition coefficient (Wildman–Crippen LogP) is 6.76. The topological polar surface area (TPSA) is 108 Å². The van der Waals surface area contributed by atoms with Crippen LogP contribution in [0.5, 0.6) is 5.75 Å². The van der Waals surface area contributed by atoms with E-state index in [0.717, 1.165) is 22.3 Å². The van der Waals surface area contributed by atoms with E-state index in [2.05, 4.69) is 10.6 Å². The summed E-state index contributed by atoms with van der Waals surface area (Å²) in [5.41, 5.74) is 4.24. The minimum absolute atomic E-state index is 0.0932. The van der Waals surface area contributed by atoms with Crippen LogP contribution in [0, 0.1) is 20.8 Å². The number of hydrogen-bond acceptors (Lipinski definition) is 5. The van der Waals surface area contributed by atoms with Crippen molar-refractivity contribution in [3.8, 4) is 5.75 Å². The molecule has 0 aliphatic heterocycles. The van der Waals surface area contributed by atoms with Gasteiger partial charge in [-0.1, -0.05) is 55.5 Å². The molecule has 0 heterocycles. The second-order valence-electron chi connectivity index (χ2n) is 12.1. The lowest BCUT2D eigenvalue weighted by Crippen LogP contribution is -2.55. The highest BCUT2D eigenvalue weighted by Crippen LogP contribution is 2.30. The predicted molar refractivity (Wildman–Crippen MR) is 170 cm³/mol. The van der Waals surface area contributed by atoms with Crippen LogP contribution < -0.4 is 10.6 Å². The van der Waals surface area contributed by atoms with Gasteiger partial charge in [0.1, 0.15) is 23.4 Å². The molecule has 3 atom stereocenters. The molecule has 0 aliphatic carbocycles. The maximum Gasteiger partial charge on any atom is 0.408 e. The van der Waals surface area contributed by atoms with E-state index < -0.39 is 29.7 Å². The van der Waals surface area contributed by atoms with Crippen LogP contribution in [0.2, 0.25) is 0 Å². The Labute approximate surface area is 255 Å². The van der Waals surface area contributed by atoms with Gasteiger partial charge in [-0.3, -0.25) is 9.59 Å². The second kappa shape index (κ2) is 14.2. The van der Waals surface area contributed by atoms with Gasteiger partial charge in [-0.15, -0.1) is 0 Å². The third-order valence-corrected chi connectivity index (χ3v) is 7.46. The Morgan fingerprint density at radius 3 is 2.14 bits per heavy atom. The van der Waals surface area contributed by atoms with E-state index in [1.165, 1.54) is 12.1 Å². The quantitative estimate of drug-likeness (QED) is 0.243. The number of aryl methyl sites for hydroxylation is 3. The first-order chi connectivity index (χ1) is 20.2. The van der Waals surface area contributed by atoms with Crippen LogP contribution in [-0.4, -0.2) is 45.6 Å². The fourth-order valence-electron chi connectivity index (χ4n) is 4.78. The summed E-state index contributed by atoms with van der Waals surface area (Å²) in [7, 11) is 0. The molecular formula is C35H45N3O5. The number of carbonyl (C=O) groups is 3. The van der Waals surface area contributed by atoms with Gasteiger partial charge in [-0.25, -0.2) is 4.79 Å². The fourth-order valence-corrected chi connectivity index (χ4v) is 4.78. The summed E-state index contributed by atoms with van der Waals surface area (Å²) in [6.07, 6.45) is -0.0335. The third-order valence-electron chi connectivity index (χ3n) is 7.46. The van der Waals surface area contributed by atoms with Gasteiger partial charge in [-0.05, 0) is 101 Å². The Balaban J connectivity index is 2.12. The fraction of sp³-hybridized carbons (Fsp3) is 0.400. The summed E-state index contributed by atoms with van der Waals surface area (Å²) in [4.78, 5) is 43.4. The van der Waals surface area contributed by atoms with Crippen LogP contribution in [0.4, 0.5) is 10.5 Å². The van der Waals surface area contributed by atoms with Crippen LogP contribution in [0.3, 0.4) is 0 Å². The Bertz CT molecular complexity index is 1430. The molecule has 3 aromatic carbocycles.